The summed E-state index contributed by atoms with van der Waals surface area (Å²) >= 11 is 0. The number of halogens is 6. The summed E-state index contributed by atoms with van der Waals surface area (Å²) in [7, 11) is 0. The van der Waals surface area contributed by atoms with Crippen molar-refractivity contribution in [3.05, 3.63) is 114 Å². The lowest BCUT2D eigenvalue weighted by atomic mass is 9.96. The predicted octanol–water partition coefficient (Wildman–Crippen LogP) is 8.77. The molecule has 4 aromatic rings. The topological polar surface area (TPSA) is 15.7 Å². The summed E-state index contributed by atoms with van der Waals surface area (Å²) in [5, 5.41) is 0. The number of hydrogen-bond donors (Lipinski definition) is 0. The summed E-state index contributed by atoms with van der Waals surface area (Å²) in [5.74, 6) is -0.324. The van der Waals surface area contributed by atoms with E-state index in [1.165, 1.54) is 18.2 Å². The Balaban J connectivity index is 1.49. The van der Waals surface area contributed by atoms with E-state index in [1.54, 1.807) is 29.2 Å². The highest BCUT2D eigenvalue weighted by Gasteiger charge is 2.36. The summed E-state index contributed by atoms with van der Waals surface area (Å²) in [6, 6.07) is 30.0. The standard InChI is InChI=1S/C31H26F6N2O/c32-30(33,34)17-18-39-28-12-5-4-11-27(28)38(20-22-7-6-10-26(19-22)40-31(35,36)37)21-29(39)25-15-13-24(14-16-25)23-8-2-1-3-9-23/h1-16,19,29H,17-18,20-21H2. The third kappa shape index (κ3) is 6.70. The lowest BCUT2D eigenvalue weighted by Crippen LogP contribution is -2.44. The largest absolute Gasteiger partial charge is 0.573 e. The van der Waals surface area contributed by atoms with Gasteiger partial charge in [-0.15, -0.1) is 13.2 Å². The quantitative estimate of drug-likeness (QED) is 0.212. The normalized spacial score (nSPS) is 15.6. The molecule has 40 heavy (non-hydrogen) atoms. The minimum atomic E-state index is -4.81. The van der Waals surface area contributed by atoms with Gasteiger partial charge in [-0.3, -0.25) is 0 Å². The number of anilines is 2. The molecule has 1 heterocycles. The van der Waals surface area contributed by atoms with E-state index in [-0.39, 0.29) is 18.8 Å². The maximum absolute atomic E-state index is 13.3. The molecule has 4 aromatic carbocycles. The molecule has 0 saturated heterocycles. The van der Waals surface area contributed by atoms with Crippen LogP contribution in [0.1, 0.15) is 23.6 Å². The molecular weight excluding hydrogens is 530 g/mol. The summed E-state index contributed by atoms with van der Waals surface area (Å²) in [6.45, 7) is 0.357. The third-order valence-electron chi connectivity index (χ3n) is 6.85. The van der Waals surface area contributed by atoms with Crippen molar-refractivity contribution in [2.75, 3.05) is 22.9 Å². The molecule has 1 aliphatic heterocycles. The van der Waals surface area contributed by atoms with Gasteiger partial charge in [-0.25, -0.2) is 0 Å². The lowest BCUT2D eigenvalue weighted by Gasteiger charge is -2.45. The first-order chi connectivity index (χ1) is 19.1. The Bertz CT molecular complexity index is 1420. The van der Waals surface area contributed by atoms with Crippen LogP contribution in [0.3, 0.4) is 0 Å². The summed E-state index contributed by atoms with van der Waals surface area (Å²) in [6.07, 6.45) is -10.1. The van der Waals surface area contributed by atoms with Crippen LogP contribution < -0.4 is 14.5 Å². The zero-order chi connectivity index (χ0) is 28.3. The smallest absolute Gasteiger partial charge is 0.406 e. The molecule has 1 aliphatic rings. The van der Waals surface area contributed by atoms with Crippen molar-refractivity contribution in [1.29, 1.82) is 0 Å². The SMILES string of the molecule is FC(F)(F)CCN1c2ccccc2N(Cc2cccc(OC(F)(F)F)c2)CC1c1ccc(-c2ccccc2)cc1. The van der Waals surface area contributed by atoms with Crippen LogP contribution in [-0.4, -0.2) is 25.6 Å². The first-order valence-corrected chi connectivity index (χ1v) is 12.7. The van der Waals surface area contributed by atoms with Crippen LogP contribution in [0.4, 0.5) is 37.7 Å². The second kappa shape index (κ2) is 11.2. The lowest BCUT2D eigenvalue weighted by molar-refractivity contribution is -0.274. The fraction of sp³-hybridized carbons (Fsp3) is 0.226. The predicted molar refractivity (Wildman–Crippen MR) is 143 cm³/mol. The molecule has 0 amide bonds. The van der Waals surface area contributed by atoms with E-state index in [0.29, 0.717) is 23.5 Å². The monoisotopic (exact) mass is 556 g/mol. The van der Waals surface area contributed by atoms with Gasteiger partial charge in [-0.1, -0.05) is 78.9 Å². The van der Waals surface area contributed by atoms with Gasteiger partial charge in [0.1, 0.15) is 5.75 Å². The highest BCUT2D eigenvalue weighted by molar-refractivity contribution is 5.75. The van der Waals surface area contributed by atoms with Gasteiger partial charge < -0.3 is 14.5 Å². The van der Waals surface area contributed by atoms with Gasteiger partial charge in [0, 0.05) is 19.6 Å². The first-order valence-electron chi connectivity index (χ1n) is 12.7. The highest BCUT2D eigenvalue weighted by Crippen LogP contribution is 2.43. The number of nitrogens with zero attached hydrogens (tertiary/aromatic N) is 2. The molecule has 5 rings (SSSR count). The van der Waals surface area contributed by atoms with Crippen LogP contribution in [-0.2, 0) is 6.54 Å². The Morgan fingerprint density at radius 2 is 1.35 bits per heavy atom. The molecule has 0 fully saturated rings. The molecule has 0 N–H and O–H groups in total. The second-order valence-corrected chi connectivity index (χ2v) is 9.63. The molecule has 0 spiro atoms. The van der Waals surface area contributed by atoms with E-state index in [9.17, 15) is 26.3 Å². The zero-order valence-electron chi connectivity index (χ0n) is 21.3. The van der Waals surface area contributed by atoms with Crippen molar-refractivity contribution in [3.8, 4) is 16.9 Å². The minimum absolute atomic E-state index is 0.228. The van der Waals surface area contributed by atoms with Gasteiger partial charge in [0.05, 0.1) is 23.8 Å². The number of para-hydroxylation sites is 2. The molecule has 9 heteroatoms. The maximum atomic E-state index is 13.3. The molecule has 1 atom stereocenters. The average Bonchev–Trinajstić information content (AvgIpc) is 2.92. The van der Waals surface area contributed by atoms with Gasteiger partial charge >= 0.3 is 12.5 Å². The van der Waals surface area contributed by atoms with Crippen molar-refractivity contribution in [1.82, 2.24) is 0 Å². The van der Waals surface area contributed by atoms with Crippen LogP contribution in [0.5, 0.6) is 5.75 Å². The molecule has 0 bridgehead atoms. The maximum Gasteiger partial charge on any atom is 0.573 e. The van der Waals surface area contributed by atoms with Crippen molar-refractivity contribution in [3.63, 3.8) is 0 Å². The van der Waals surface area contributed by atoms with Gasteiger partial charge in [-0.2, -0.15) is 13.2 Å². The Kier molecular flexibility index (Phi) is 7.65. The number of ether oxygens (including phenoxy) is 1. The molecule has 1 unspecified atom stereocenters. The van der Waals surface area contributed by atoms with Crippen LogP contribution in [0.2, 0.25) is 0 Å². The van der Waals surface area contributed by atoms with Crippen LogP contribution in [0, 0.1) is 0 Å². The van der Waals surface area contributed by atoms with Gasteiger partial charge in [-0.05, 0) is 46.5 Å². The van der Waals surface area contributed by atoms with E-state index < -0.39 is 25.0 Å². The Hall–Kier alpha value is -4.14. The van der Waals surface area contributed by atoms with Crippen LogP contribution in [0.25, 0.3) is 11.1 Å². The van der Waals surface area contributed by atoms with Gasteiger partial charge in [0.15, 0.2) is 0 Å². The van der Waals surface area contributed by atoms with Crippen molar-refractivity contribution >= 4 is 11.4 Å². The Labute approximate surface area is 228 Å². The minimum Gasteiger partial charge on any atom is -0.406 e. The number of hydrogen-bond acceptors (Lipinski definition) is 3. The van der Waals surface area contributed by atoms with Crippen molar-refractivity contribution in [2.24, 2.45) is 0 Å². The van der Waals surface area contributed by atoms with Crippen LogP contribution >= 0.6 is 0 Å². The van der Waals surface area contributed by atoms with Crippen LogP contribution in [0.15, 0.2) is 103 Å². The summed E-state index contributed by atoms with van der Waals surface area (Å²) in [5.41, 5.74) is 4.79. The summed E-state index contributed by atoms with van der Waals surface area (Å²) in [4.78, 5) is 3.77. The highest BCUT2D eigenvalue weighted by atomic mass is 19.4. The van der Waals surface area contributed by atoms with E-state index in [1.807, 2.05) is 65.6 Å². The first kappa shape index (κ1) is 27.4. The zero-order valence-corrected chi connectivity index (χ0v) is 21.3. The fourth-order valence-corrected chi connectivity index (χ4v) is 5.10. The molecule has 0 saturated carbocycles. The van der Waals surface area contributed by atoms with Gasteiger partial charge in [0.25, 0.3) is 0 Å². The van der Waals surface area contributed by atoms with Crippen molar-refractivity contribution in [2.45, 2.75) is 31.5 Å². The Morgan fingerprint density at radius 1 is 0.700 bits per heavy atom. The number of rotatable bonds is 7. The molecule has 3 nitrogen and oxygen atoms in total. The Morgan fingerprint density at radius 3 is 2.02 bits per heavy atom. The second-order valence-electron chi connectivity index (χ2n) is 9.63. The van der Waals surface area contributed by atoms with Gasteiger partial charge in [0.2, 0.25) is 0 Å². The number of alkyl halides is 6. The third-order valence-corrected chi connectivity index (χ3v) is 6.85. The summed E-state index contributed by atoms with van der Waals surface area (Å²) < 4.78 is 82.5. The van der Waals surface area contributed by atoms with E-state index in [2.05, 4.69) is 4.74 Å². The van der Waals surface area contributed by atoms with E-state index in [4.69, 9.17) is 0 Å². The molecule has 0 aromatic heterocycles. The molecular formula is C31H26F6N2O. The number of fused-ring (bicyclic) bond motifs is 1. The van der Waals surface area contributed by atoms with Crippen molar-refractivity contribution < 1.29 is 31.1 Å². The molecule has 0 radical (unpaired) electrons. The molecule has 0 aliphatic carbocycles. The fourth-order valence-electron chi connectivity index (χ4n) is 5.10. The average molecular weight is 557 g/mol. The molecule has 208 valence electrons. The number of benzene rings is 4. The van der Waals surface area contributed by atoms with E-state index >= 15 is 0 Å². The van der Waals surface area contributed by atoms with E-state index in [0.717, 1.165) is 16.7 Å².